The van der Waals surface area contributed by atoms with Crippen LogP contribution in [-0.4, -0.2) is 49.9 Å². The predicted octanol–water partition coefficient (Wildman–Crippen LogP) is 3.77. The molecule has 5 nitrogen and oxygen atoms in total. The molecule has 0 spiro atoms. The Hall–Kier alpha value is -1.53. The van der Waals surface area contributed by atoms with Crippen LogP contribution in [0.5, 0.6) is 0 Å². The molecule has 0 saturated heterocycles. The summed E-state index contributed by atoms with van der Waals surface area (Å²) in [5.74, 6) is -0.446. The van der Waals surface area contributed by atoms with Crippen LogP contribution in [0.3, 0.4) is 0 Å². The van der Waals surface area contributed by atoms with Gasteiger partial charge >= 0.3 is 6.09 Å². The van der Waals surface area contributed by atoms with Crippen molar-refractivity contribution in [1.29, 1.82) is 0 Å². The number of carbonyl (C=O) groups excluding carboxylic acids is 1. The van der Waals surface area contributed by atoms with Gasteiger partial charge in [-0.15, -0.1) is 0 Å². The Morgan fingerprint density at radius 2 is 2.04 bits per heavy atom. The van der Waals surface area contributed by atoms with E-state index >= 15 is 0 Å². The van der Waals surface area contributed by atoms with Crippen molar-refractivity contribution in [3.05, 3.63) is 29.0 Å². The van der Waals surface area contributed by atoms with Crippen LogP contribution in [0, 0.1) is 5.82 Å². The van der Waals surface area contributed by atoms with Crippen LogP contribution in [0.25, 0.3) is 0 Å². The first-order chi connectivity index (χ1) is 10.7. The maximum atomic E-state index is 13.0. The SMILES string of the molecule is CN(CCOCCNc1ccc(F)c(Cl)c1)C(=O)OC(C)(C)C. The first-order valence-electron chi connectivity index (χ1n) is 7.40. The van der Waals surface area contributed by atoms with E-state index in [4.69, 9.17) is 21.1 Å². The summed E-state index contributed by atoms with van der Waals surface area (Å²) in [6.45, 7) is 7.32. The minimum atomic E-state index is -0.507. The van der Waals surface area contributed by atoms with Gasteiger partial charge in [0.15, 0.2) is 0 Å². The minimum Gasteiger partial charge on any atom is -0.444 e. The summed E-state index contributed by atoms with van der Waals surface area (Å²) in [4.78, 5) is 13.2. The number of ether oxygens (including phenoxy) is 2. The summed E-state index contributed by atoms with van der Waals surface area (Å²) in [5, 5.41) is 3.15. The average Bonchev–Trinajstić information content (AvgIpc) is 2.44. The molecule has 7 heteroatoms. The molecule has 0 aliphatic rings. The third kappa shape index (κ3) is 8.04. The van der Waals surface area contributed by atoms with Gasteiger partial charge in [0.2, 0.25) is 0 Å². The van der Waals surface area contributed by atoms with E-state index in [-0.39, 0.29) is 11.1 Å². The minimum absolute atomic E-state index is 0.0786. The molecule has 0 unspecified atom stereocenters. The fourth-order valence-corrected chi connectivity index (χ4v) is 1.79. The number of nitrogens with zero attached hydrogens (tertiary/aromatic N) is 1. The molecular formula is C16H24ClFN2O3. The van der Waals surface area contributed by atoms with Crippen molar-refractivity contribution in [2.75, 3.05) is 38.7 Å². The lowest BCUT2D eigenvalue weighted by Gasteiger charge is -2.24. The van der Waals surface area contributed by atoms with Crippen LogP contribution < -0.4 is 5.32 Å². The smallest absolute Gasteiger partial charge is 0.410 e. The van der Waals surface area contributed by atoms with Gasteiger partial charge < -0.3 is 19.7 Å². The van der Waals surface area contributed by atoms with E-state index in [0.29, 0.717) is 26.3 Å². The number of anilines is 1. The van der Waals surface area contributed by atoms with E-state index in [1.54, 1.807) is 13.1 Å². The second kappa shape index (κ2) is 8.93. The van der Waals surface area contributed by atoms with Crippen molar-refractivity contribution < 1.29 is 18.7 Å². The van der Waals surface area contributed by atoms with Gasteiger partial charge in [0.25, 0.3) is 0 Å². The van der Waals surface area contributed by atoms with Crippen molar-refractivity contribution >= 4 is 23.4 Å². The Kier molecular flexibility index (Phi) is 7.58. The number of amides is 1. The second-order valence-corrected chi connectivity index (χ2v) is 6.48. The number of hydrogen-bond donors (Lipinski definition) is 1. The highest BCUT2D eigenvalue weighted by Crippen LogP contribution is 2.18. The lowest BCUT2D eigenvalue weighted by Crippen LogP contribution is -2.36. The summed E-state index contributed by atoms with van der Waals surface area (Å²) >= 11 is 5.69. The van der Waals surface area contributed by atoms with Gasteiger partial charge in [0, 0.05) is 25.8 Å². The lowest BCUT2D eigenvalue weighted by atomic mass is 10.2. The van der Waals surface area contributed by atoms with Crippen LogP contribution in [0.15, 0.2) is 18.2 Å². The molecule has 1 N–H and O–H groups in total. The third-order valence-corrected chi connectivity index (χ3v) is 3.06. The van der Waals surface area contributed by atoms with Crippen LogP contribution in [0.2, 0.25) is 5.02 Å². The highest BCUT2D eigenvalue weighted by Gasteiger charge is 2.19. The Labute approximate surface area is 141 Å². The third-order valence-electron chi connectivity index (χ3n) is 2.77. The molecule has 1 rings (SSSR count). The number of benzene rings is 1. The Morgan fingerprint density at radius 3 is 2.65 bits per heavy atom. The van der Waals surface area contributed by atoms with E-state index in [9.17, 15) is 9.18 Å². The maximum Gasteiger partial charge on any atom is 0.410 e. The Bertz CT molecular complexity index is 521. The zero-order valence-electron chi connectivity index (χ0n) is 14.0. The number of rotatable bonds is 7. The molecule has 0 radical (unpaired) electrons. The molecule has 23 heavy (non-hydrogen) atoms. The van der Waals surface area contributed by atoms with Crippen molar-refractivity contribution in [2.24, 2.45) is 0 Å². The van der Waals surface area contributed by atoms with Crippen molar-refractivity contribution in [1.82, 2.24) is 4.90 Å². The summed E-state index contributed by atoms with van der Waals surface area (Å²) in [6.07, 6.45) is -0.375. The quantitative estimate of drug-likeness (QED) is 0.763. The second-order valence-electron chi connectivity index (χ2n) is 6.07. The fraction of sp³-hybridized carbons (Fsp3) is 0.562. The monoisotopic (exact) mass is 346 g/mol. The summed E-state index contributed by atoms with van der Waals surface area (Å²) in [6, 6.07) is 4.44. The van der Waals surface area contributed by atoms with Crippen molar-refractivity contribution in [3.8, 4) is 0 Å². The first kappa shape index (κ1) is 19.5. The number of carbonyl (C=O) groups is 1. The molecule has 1 amide bonds. The zero-order chi connectivity index (χ0) is 17.5. The largest absolute Gasteiger partial charge is 0.444 e. The fourth-order valence-electron chi connectivity index (χ4n) is 1.61. The van der Waals surface area contributed by atoms with Gasteiger partial charge in [-0.05, 0) is 39.0 Å². The van der Waals surface area contributed by atoms with Crippen molar-refractivity contribution in [2.45, 2.75) is 26.4 Å². The summed E-state index contributed by atoms with van der Waals surface area (Å²) in [7, 11) is 1.66. The van der Waals surface area contributed by atoms with E-state index in [0.717, 1.165) is 5.69 Å². The Morgan fingerprint density at radius 1 is 1.35 bits per heavy atom. The number of nitrogens with one attached hydrogen (secondary N) is 1. The predicted molar refractivity (Wildman–Crippen MR) is 89.6 cm³/mol. The number of hydrogen-bond acceptors (Lipinski definition) is 4. The maximum absolute atomic E-state index is 13.0. The van der Waals surface area contributed by atoms with Gasteiger partial charge in [-0.3, -0.25) is 0 Å². The zero-order valence-corrected chi connectivity index (χ0v) is 14.7. The average molecular weight is 347 g/mol. The molecule has 0 aliphatic carbocycles. The summed E-state index contributed by atoms with van der Waals surface area (Å²) < 4.78 is 23.7. The van der Waals surface area contributed by atoms with Crippen LogP contribution >= 0.6 is 11.6 Å². The molecule has 0 fully saturated rings. The van der Waals surface area contributed by atoms with E-state index in [1.807, 2.05) is 20.8 Å². The molecule has 0 aromatic heterocycles. The molecule has 0 aliphatic heterocycles. The number of halogens is 2. The molecule has 0 saturated carbocycles. The van der Waals surface area contributed by atoms with E-state index in [1.165, 1.54) is 17.0 Å². The highest BCUT2D eigenvalue weighted by molar-refractivity contribution is 6.31. The topological polar surface area (TPSA) is 50.8 Å². The van der Waals surface area contributed by atoms with Gasteiger partial charge in [-0.2, -0.15) is 0 Å². The lowest BCUT2D eigenvalue weighted by molar-refractivity contribution is 0.0237. The van der Waals surface area contributed by atoms with E-state index < -0.39 is 11.4 Å². The van der Waals surface area contributed by atoms with Gasteiger partial charge in [-0.1, -0.05) is 11.6 Å². The van der Waals surface area contributed by atoms with Gasteiger partial charge in [0.05, 0.1) is 18.2 Å². The molecular weight excluding hydrogens is 323 g/mol. The first-order valence-corrected chi connectivity index (χ1v) is 7.77. The van der Waals surface area contributed by atoms with Crippen LogP contribution in [0.4, 0.5) is 14.9 Å². The molecule has 0 bridgehead atoms. The van der Waals surface area contributed by atoms with Crippen LogP contribution in [0.1, 0.15) is 20.8 Å². The van der Waals surface area contributed by atoms with Crippen LogP contribution in [-0.2, 0) is 9.47 Å². The summed E-state index contributed by atoms with van der Waals surface area (Å²) in [5.41, 5.74) is 0.220. The van der Waals surface area contributed by atoms with E-state index in [2.05, 4.69) is 5.32 Å². The molecule has 1 aromatic carbocycles. The number of likely N-dealkylation sites (N-methyl/N-ethyl adjacent to an activating group) is 1. The standard InChI is InChI=1S/C16H24ClFN2O3/c1-16(2,3)23-15(21)20(4)8-10-22-9-7-19-12-5-6-14(18)13(17)11-12/h5-6,11,19H,7-10H2,1-4H3. The van der Waals surface area contributed by atoms with Gasteiger partial charge in [0.1, 0.15) is 11.4 Å². The van der Waals surface area contributed by atoms with Gasteiger partial charge in [-0.25, -0.2) is 9.18 Å². The highest BCUT2D eigenvalue weighted by atomic mass is 35.5. The molecule has 130 valence electrons. The Balaban J connectivity index is 2.15. The normalized spacial score (nSPS) is 11.2. The van der Waals surface area contributed by atoms with Crippen molar-refractivity contribution in [3.63, 3.8) is 0 Å². The molecule has 0 atom stereocenters. The molecule has 1 aromatic rings. The molecule has 0 heterocycles.